The molecule has 0 N–H and O–H groups in total. The molecule has 1 heterocycles. The van der Waals surface area contributed by atoms with Crippen molar-refractivity contribution in [1.82, 2.24) is 0 Å². The molecule has 1 atom stereocenters. The highest BCUT2D eigenvalue weighted by atomic mass is 32.2. The SMILES string of the molecule is CS(=O)(=O)OCCC1c2ccccc2C(=O)N1c1ccccc1. The molecule has 1 amide bonds. The van der Waals surface area contributed by atoms with Crippen molar-refractivity contribution in [2.75, 3.05) is 17.8 Å². The van der Waals surface area contributed by atoms with E-state index in [1.165, 1.54) is 0 Å². The Hall–Kier alpha value is -2.18. The molecule has 5 nitrogen and oxygen atoms in total. The van der Waals surface area contributed by atoms with Crippen molar-refractivity contribution in [3.05, 3.63) is 65.7 Å². The predicted molar refractivity (Wildman–Crippen MR) is 87.8 cm³/mol. The van der Waals surface area contributed by atoms with Gasteiger partial charge in [-0.25, -0.2) is 0 Å². The van der Waals surface area contributed by atoms with Crippen LogP contribution in [0, 0.1) is 0 Å². The summed E-state index contributed by atoms with van der Waals surface area (Å²) in [6, 6.07) is 16.5. The van der Waals surface area contributed by atoms with E-state index in [1.54, 1.807) is 11.0 Å². The van der Waals surface area contributed by atoms with Gasteiger partial charge in [-0.2, -0.15) is 8.42 Å². The van der Waals surface area contributed by atoms with Crippen molar-refractivity contribution in [2.24, 2.45) is 0 Å². The minimum atomic E-state index is -3.49. The van der Waals surface area contributed by atoms with Gasteiger partial charge in [0.2, 0.25) is 0 Å². The zero-order chi connectivity index (χ0) is 16.4. The highest BCUT2D eigenvalue weighted by Crippen LogP contribution is 2.39. The molecule has 3 rings (SSSR count). The Kier molecular flexibility index (Phi) is 4.19. The number of benzene rings is 2. The lowest BCUT2D eigenvalue weighted by atomic mass is 10.0. The average Bonchev–Trinajstić information content (AvgIpc) is 2.80. The molecule has 1 aliphatic rings. The number of fused-ring (bicyclic) bond motifs is 1. The average molecular weight is 331 g/mol. The largest absolute Gasteiger partial charge is 0.301 e. The second kappa shape index (κ2) is 6.14. The summed E-state index contributed by atoms with van der Waals surface area (Å²) >= 11 is 0. The van der Waals surface area contributed by atoms with E-state index in [4.69, 9.17) is 4.18 Å². The summed E-state index contributed by atoms with van der Waals surface area (Å²) in [4.78, 5) is 14.4. The molecule has 0 bridgehead atoms. The van der Waals surface area contributed by atoms with Gasteiger partial charge in [-0.05, 0) is 30.2 Å². The Balaban J connectivity index is 1.92. The number of hydrogen-bond acceptors (Lipinski definition) is 4. The van der Waals surface area contributed by atoms with Crippen LogP contribution in [0.4, 0.5) is 5.69 Å². The molecule has 120 valence electrons. The Morgan fingerprint density at radius 2 is 1.70 bits per heavy atom. The van der Waals surface area contributed by atoms with Crippen molar-refractivity contribution < 1.29 is 17.4 Å². The second-order valence-electron chi connectivity index (χ2n) is 5.43. The van der Waals surface area contributed by atoms with E-state index in [0.717, 1.165) is 17.5 Å². The van der Waals surface area contributed by atoms with E-state index in [-0.39, 0.29) is 18.6 Å². The monoisotopic (exact) mass is 331 g/mol. The first-order valence-electron chi connectivity index (χ1n) is 7.29. The normalized spacial score (nSPS) is 17.3. The molecule has 0 saturated heterocycles. The molecular weight excluding hydrogens is 314 g/mol. The molecule has 6 heteroatoms. The van der Waals surface area contributed by atoms with E-state index in [0.29, 0.717) is 12.0 Å². The summed E-state index contributed by atoms with van der Waals surface area (Å²) in [5, 5.41) is 0. The molecule has 2 aromatic carbocycles. The lowest BCUT2D eigenvalue weighted by Crippen LogP contribution is -2.28. The zero-order valence-corrected chi connectivity index (χ0v) is 13.5. The van der Waals surface area contributed by atoms with Gasteiger partial charge in [0.15, 0.2) is 0 Å². The Morgan fingerprint density at radius 3 is 2.39 bits per heavy atom. The zero-order valence-electron chi connectivity index (χ0n) is 12.7. The molecule has 0 saturated carbocycles. The van der Waals surface area contributed by atoms with Crippen LogP contribution in [-0.2, 0) is 14.3 Å². The van der Waals surface area contributed by atoms with Gasteiger partial charge in [0, 0.05) is 11.3 Å². The molecule has 2 aromatic rings. The summed E-state index contributed by atoms with van der Waals surface area (Å²) in [5.74, 6) is -0.0730. The third-order valence-electron chi connectivity index (χ3n) is 3.80. The number of nitrogens with zero attached hydrogens (tertiary/aromatic N) is 1. The van der Waals surface area contributed by atoms with Crippen molar-refractivity contribution in [3.8, 4) is 0 Å². The number of hydrogen-bond donors (Lipinski definition) is 0. The maximum atomic E-state index is 12.7. The summed E-state index contributed by atoms with van der Waals surface area (Å²) in [6.07, 6.45) is 1.43. The quantitative estimate of drug-likeness (QED) is 0.790. The molecule has 0 spiro atoms. The summed E-state index contributed by atoms with van der Waals surface area (Å²) < 4.78 is 27.2. The summed E-state index contributed by atoms with van der Waals surface area (Å²) in [6.45, 7) is 0.0362. The van der Waals surface area contributed by atoms with E-state index < -0.39 is 10.1 Å². The van der Waals surface area contributed by atoms with Crippen LogP contribution in [0.25, 0.3) is 0 Å². The maximum absolute atomic E-state index is 12.7. The molecular formula is C17H17NO4S. The minimum absolute atomic E-state index is 0.0362. The van der Waals surface area contributed by atoms with E-state index in [9.17, 15) is 13.2 Å². The number of para-hydroxylation sites is 1. The van der Waals surface area contributed by atoms with Crippen LogP contribution in [0.2, 0.25) is 0 Å². The van der Waals surface area contributed by atoms with Gasteiger partial charge < -0.3 is 4.90 Å². The van der Waals surface area contributed by atoms with Gasteiger partial charge in [0.25, 0.3) is 16.0 Å². The fraction of sp³-hybridized carbons (Fsp3) is 0.235. The van der Waals surface area contributed by atoms with E-state index in [1.807, 2.05) is 48.5 Å². The molecule has 0 aromatic heterocycles. The van der Waals surface area contributed by atoms with Crippen LogP contribution in [0.5, 0.6) is 0 Å². The van der Waals surface area contributed by atoms with Crippen molar-refractivity contribution in [2.45, 2.75) is 12.5 Å². The number of anilines is 1. The van der Waals surface area contributed by atoms with Gasteiger partial charge in [0.05, 0.1) is 18.9 Å². The maximum Gasteiger partial charge on any atom is 0.264 e. The van der Waals surface area contributed by atoms with Crippen molar-refractivity contribution in [3.63, 3.8) is 0 Å². The first kappa shape index (κ1) is 15.7. The molecule has 0 radical (unpaired) electrons. The molecule has 0 aliphatic carbocycles. The van der Waals surface area contributed by atoms with Crippen LogP contribution in [0.3, 0.4) is 0 Å². The van der Waals surface area contributed by atoms with Gasteiger partial charge in [-0.3, -0.25) is 8.98 Å². The smallest absolute Gasteiger partial charge is 0.264 e. The summed E-state index contributed by atoms with van der Waals surface area (Å²) in [5.41, 5.74) is 2.34. The van der Waals surface area contributed by atoms with Gasteiger partial charge in [0.1, 0.15) is 0 Å². The number of amides is 1. The Labute approximate surface area is 135 Å². The first-order chi connectivity index (χ1) is 11.0. The van der Waals surface area contributed by atoms with Gasteiger partial charge in [-0.1, -0.05) is 36.4 Å². The first-order valence-corrected chi connectivity index (χ1v) is 9.11. The lowest BCUT2D eigenvalue weighted by molar-refractivity contribution is 0.0989. The number of rotatable bonds is 5. The van der Waals surface area contributed by atoms with Crippen LogP contribution >= 0.6 is 0 Å². The van der Waals surface area contributed by atoms with Gasteiger partial charge in [-0.15, -0.1) is 0 Å². The third-order valence-corrected chi connectivity index (χ3v) is 4.40. The fourth-order valence-corrected chi connectivity index (χ4v) is 3.27. The van der Waals surface area contributed by atoms with Crippen LogP contribution in [0.1, 0.15) is 28.4 Å². The van der Waals surface area contributed by atoms with Crippen molar-refractivity contribution in [1.29, 1.82) is 0 Å². The standard InChI is InChI=1S/C17H17NO4S/c1-23(20,21)22-12-11-16-14-9-5-6-10-15(14)17(19)18(16)13-7-3-2-4-8-13/h2-10,16H,11-12H2,1H3. The summed E-state index contributed by atoms with van der Waals surface area (Å²) in [7, 11) is -3.49. The van der Waals surface area contributed by atoms with E-state index in [2.05, 4.69) is 0 Å². The van der Waals surface area contributed by atoms with Gasteiger partial charge >= 0.3 is 0 Å². The Bertz CT molecular complexity index is 817. The van der Waals surface area contributed by atoms with Crippen molar-refractivity contribution >= 4 is 21.7 Å². The van der Waals surface area contributed by atoms with Crippen LogP contribution in [-0.4, -0.2) is 27.2 Å². The highest BCUT2D eigenvalue weighted by Gasteiger charge is 2.37. The molecule has 23 heavy (non-hydrogen) atoms. The molecule has 0 fully saturated rings. The Morgan fingerprint density at radius 1 is 1.04 bits per heavy atom. The molecule has 1 unspecified atom stereocenters. The number of carbonyl (C=O) groups is 1. The van der Waals surface area contributed by atoms with Crippen LogP contribution < -0.4 is 4.90 Å². The number of carbonyl (C=O) groups excluding carboxylic acids is 1. The molecule has 1 aliphatic heterocycles. The second-order valence-corrected chi connectivity index (χ2v) is 7.07. The van der Waals surface area contributed by atoms with Crippen LogP contribution in [0.15, 0.2) is 54.6 Å². The highest BCUT2D eigenvalue weighted by molar-refractivity contribution is 7.85. The van der Waals surface area contributed by atoms with E-state index >= 15 is 0 Å². The minimum Gasteiger partial charge on any atom is -0.301 e. The third kappa shape index (κ3) is 3.28. The lowest BCUT2D eigenvalue weighted by Gasteiger charge is -2.25. The topological polar surface area (TPSA) is 63.7 Å². The predicted octanol–water partition coefficient (Wildman–Crippen LogP) is 2.75. The fourth-order valence-electron chi connectivity index (χ4n) is 2.87.